The van der Waals surface area contributed by atoms with Crippen LogP contribution in [-0.4, -0.2) is 29.1 Å². The molecule has 1 aliphatic rings. The van der Waals surface area contributed by atoms with Gasteiger partial charge in [-0.2, -0.15) is 0 Å². The summed E-state index contributed by atoms with van der Waals surface area (Å²) < 4.78 is 26.6. The Bertz CT molecular complexity index is 465. The van der Waals surface area contributed by atoms with E-state index in [2.05, 4.69) is 0 Å². The quantitative estimate of drug-likeness (QED) is 0.913. The van der Waals surface area contributed by atoms with E-state index in [4.69, 9.17) is 5.11 Å². The number of benzene rings is 1. The van der Waals surface area contributed by atoms with Gasteiger partial charge in [0, 0.05) is 25.1 Å². The highest BCUT2D eigenvalue weighted by Crippen LogP contribution is 2.22. The highest BCUT2D eigenvalue weighted by molar-refractivity contribution is 5.67. The summed E-state index contributed by atoms with van der Waals surface area (Å²) in [6, 6.07) is 3.43. The van der Waals surface area contributed by atoms with Crippen LogP contribution in [0.25, 0.3) is 0 Å². The maximum Gasteiger partial charge on any atom is 0.303 e. The molecule has 1 aliphatic heterocycles. The summed E-state index contributed by atoms with van der Waals surface area (Å²) >= 11 is 0. The predicted octanol–water partition coefficient (Wildman–Crippen LogP) is 2.65. The second kappa shape index (κ2) is 6.10. The fourth-order valence-electron chi connectivity index (χ4n) is 2.61. The molecule has 104 valence electrons. The molecular weight excluding hydrogens is 252 g/mol. The van der Waals surface area contributed by atoms with E-state index in [1.54, 1.807) is 0 Å². The monoisotopic (exact) mass is 269 g/mol. The summed E-state index contributed by atoms with van der Waals surface area (Å²) in [5, 5.41) is 8.79. The molecule has 1 saturated heterocycles. The molecule has 5 heteroatoms. The molecule has 1 aromatic rings. The van der Waals surface area contributed by atoms with Crippen LogP contribution in [0.5, 0.6) is 0 Å². The zero-order chi connectivity index (χ0) is 13.8. The van der Waals surface area contributed by atoms with Crippen LogP contribution >= 0.6 is 0 Å². The lowest BCUT2D eigenvalue weighted by atomic mass is 9.94. The molecule has 0 saturated carbocycles. The van der Waals surface area contributed by atoms with Crippen LogP contribution < -0.4 is 0 Å². The molecule has 3 nitrogen and oxygen atoms in total. The maximum absolute atomic E-state index is 13.5. The minimum absolute atomic E-state index is 0.0999. The summed E-state index contributed by atoms with van der Waals surface area (Å²) in [7, 11) is 0. The smallest absolute Gasteiger partial charge is 0.303 e. The molecule has 1 N–H and O–H groups in total. The van der Waals surface area contributed by atoms with Crippen LogP contribution in [0, 0.1) is 17.6 Å². The summed E-state index contributed by atoms with van der Waals surface area (Å²) in [6.07, 6.45) is 1.92. The molecule has 1 fully saturated rings. The third-order valence-corrected chi connectivity index (χ3v) is 3.47. The number of hydrogen-bond acceptors (Lipinski definition) is 2. The molecular formula is C14H17F2NO2. The maximum atomic E-state index is 13.5. The number of aliphatic carboxylic acids is 1. The summed E-state index contributed by atoms with van der Waals surface area (Å²) in [5.74, 6) is -1.57. The van der Waals surface area contributed by atoms with Gasteiger partial charge in [0.25, 0.3) is 0 Å². The van der Waals surface area contributed by atoms with Crippen LogP contribution in [0.2, 0.25) is 0 Å². The molecule has 19 heavy (non-hydrogen) atoms. The van der Waals surface area contributed by atoms with Gasteiger partial charge in [-0.1, -0.05) is 0 Å². The first-order valence-corrected chi connectivity index (χ1v) is 6.42. The molecule has 0 amide bonds. The Kier molecular flexibility index (Phi) is 4.47. The summed E-state index contributed by atoms with van der Waals surface area (Å²) in [4.78, 5) is 12.7. The van der Waals surface area contributed by atoms with Crippen molar-refractivity contribution in [2.24, 2.45) is 5.92 Å². The molecule has 1 atom stereocenters. The number of halogens is 2. The number of nitrogens with zero attached hydrogens (tertiary/aromatic N) is 1. The van der Waals surface area contributed by atoms with Crippen molar-refractivity contribution in [2.45, 2.75) is 25.8 Å². The van der Waals surface area contributed by atoms with Crippen molar-refractivity contribution in [2.75, 3.05) is 13.1 Å². The number of rotatable bonds is 4. The van der Waals surface area contributed by atoms with Gasteiger partial charge in [-0.3, -0.25) is 9.69 Å². The normalized spacial score (nSPS) is 20.4. The molecule has 1 aromatic carbocycles. The Balaban J connectivity index is 1.98. The second-order valence-electron chi connectivity index (χ2n) is 5.08. The lowest BCUT2D eigenvalue weighted by Gasteiger charge is -2.32. The van der Waals surface area contributed by atoms with E-state index in [9.17, 15) is 13.6 Å². The second-order valence-corrected chi connectivity index (χ2v) is 5.08. The number of carboxylic acid groups (broad SMARTS) is 1. The van der Waals surface area contributed by atoms with Crippen molar-refractivity contribution in [3.05, 3.63) is 35.4 Å². The van der Waals surface area contributed by atoms with Crippen LogP contribution in [0.4, 0.5) is 8.78 Å². The number of likely N-dealkylation sites (tertiary alicyclic amines) is 1. The van der Waals surface area contributed by atoms with Gasteiger partial charge in [0.1, 0.15) is 11.6 Å². The Labute approximate surface area is 110 Å². The van der Waals surface area contributed by atoms with Crippen molar-refractivity contribution < 1.29 is 18.7 Å². The van der Waals surface area contributed by atoms with Crippen LogP contribution in [0.1, 0.15) is 24.8 Å². The van der Waals surface area contributed by atoms with Gasteiger partial charge < -0.3 is 5.11 Å². The van der Waals surface area contributed by atoms with Gasteiger partial charge in [0.15, 0.2) is 0 Å². The lowest BCUT2D eigenvalue weighted by Crippen LogP contribution is -2.36. The Morgan fingerprint density at radius 3 is 2.95 bits per heavy atom. The van der Waals surface area contributed by atoms with Crippen molar-refractivity contribution >= 4 is 5.97 Å². The largest absolute Gasteiger partial charge is 0.481 e. The summed E-state index contributed by atoms with van der Waals surface area (Å²) in [5.41, 5.74) is 0.330. The van der Waals surface area contributed by atoms with Gasteiger partial charge in [0.05, 0.1) is 0 Å². The van der Waals surface area contributed by atoms with Crippen molar-refractivity contribution in [3.63, 3.8) is 0 Å². The van der Waals surface area contributed by atoms with E-state index in [0.717, 1.165) is 31.5 Å². The van der Waals surface area contributed by atoms with Crippen LogP contribution in [-0.2, 0) is 11.3 Å². The molecule has 1 unspecified atom stereocenters. The molecule has 1 heterocycles. The Morgan fingerprint density at radius 2 is 2.21 bits per heavy atom. The van der Waals surface area contributed by atoms with Crippen molar-refractivity contribution in [1.82, 2.24) is 4.90 Å². The minimum atomic E-state index is -0.802. The van der Waals surface area contributed by atoms with E-state index in [-0.39, 0.29) is 12.3 Å². The molecule has 0 bridgehead atoms. The highest BCUT2D eigenvalue weighted by atomic mass is 19.1. The zero-order valence-corrected chi connectivity index (χ0v) is 10.6. The Hall–Kier alpha value is -1.49. The first kappa shape index (κ1) is 13.9. The number of carbonyl (C=O) groups is 1. The lowest BCUT2D eigenvalue weighted by molar-refractivity contribution is -0.138. The van der Waals surface area contributed by atoms with Gasteiger partial charge in [-0.15, -0.1) is 0 Å². The third kappa shape index (κ3) is 3.99. The minimum Gasteiger partial charge on any atom is -0.481 e. The number of hydrogen-bond donors (Lipinski definition) is 1. The zero-order valence-electron chi connectivity index (χ0n) is 10.6. The SMILES string of the molecule is O=C(O)CC1CCCN(Cc2cc(F)ccc2F)C1. The summed E-state index contributed by atoms with van der Waals surface area (Å²) in [6.45, 7) is 1.76. The number of carboxylic acids is 1. The Morgan fingerprint density at radius 1 is 1.42 bits per heavy atom. The van der Waals surface area contributed by atoms with E-state index < -0.39 is 17.6 Å². The standard InChI is InChI=1S/C14H17F2NO2/c15-12-3-4-13(16)11(7-12)9-17-5-1-2-10(8-17)6-14(18)19/h3-4,7,10H,1-2,5-6,8-9H2,(H,18,19). The van der Waals surface area contributed by atoms with Gasteiger partial charge in [-0.05, 0) is 43.5 Å². The van der Waals surface area contributed by atoms with Crippen molar-refractivity contribution in [1.29, 1.82) is 0 Å². The van der Waals surface area contributed by atoms with E-state index in [1.807, 2.05) is 4.90 Å². The van der Waals surface area contributed by atoms with Crippen LogP contribution in [0.15, 0.2) is 18.2 Å². The first-order valence-electron chi connectivity index (χ1n) is 6.42. The molecule has 2 rings (SSSR count). The molecule has 0 spiro atoms. The molecule has 0 aromatic heterocycles. The van der Waals surface area contributed by atoms with Gasteiger partial charge in [-0.25, -0.2) is 8.78 Å². The topological polar surface area (TPSA) is 40.5 Å². The fourth-order valence-corrected chi connectivity index (χ4v) is 2.61. The number of piperidine rings is 1. The molecule has 0 radical (unpaired) electrons. The third-order valence-electron chi connectivity index (χ3n) is 3.47. The predicted molar refractivity (Wildman–Crippen MR) is 66.6 cm³/mol. The highest BCUT2D eigenvalue weighted by Gasteiger charge is 2.22. The van der Waals surface area contributed by atoms with E-state index >= 15 is 0 Å². The van der Waals surface area contributed by atoms with Gasteiger partial charge >= 0.3 is 5.97 Å². The first-order chi connectivity index (χ1) is 9.04. The fraction of sp³-hybridized carbons (Fsp3) is 0.500. The van der Waals surface area contributed by atoms with Gasteiger partial charge in [0.2, 0.25) is 0 Å². The molecule has 0 aliphatic carbocycles. The average Bonchev–Trinajstić information content (AvgIpc) is 2.33. The van der Waals surface area contributed by atoms with E-state index in [0.29, 0.717) is 18.7 Å². The van der Waals surface area contributed by atoms with E-state index in [1.165, 1.54) is 6.07 Å². The van der Waals surface area contributed by atoms with Crippen LogP contribution in [0.3, 0.4) is 0 Å². The average molecular weight is 269 g/mol. The van der Waals surface area contributed by atoms with Crippen molar-refractivity contribution in [3.8, 4) is 0 Å².